The first-order valence-corrected chi connectivity index (χ1v) is 8.60. The highest BCUT2D eigenvalue weighted by Crippen LogP contribution is 2.32. The van der Waals surface area contributed by atoms with Crippen LogP contribution in [0.3, 0.4) is 0 Å². The molecule has 0 aliphatic carbocycles. The molecule has 0 fully saturated rings. The third-order valence-electron chi connectivity index (χ3n) is 4.64. The summed E-state index contributed by atoms with van der Waals surface area (Å²) in [6.45, 7) is 1.95. The van der Waals surface area contributed by atoms with Crippen LogP contribution in [0.4, 0.5) is 4.39 Å². The molecule has 0 saturated carbocycles. The molecule has 0 radical (unpaired) electrons. The highest BCUT2D eigenvalue weighted by molar-refractivity contribution is 5.96. The number of aromatic hydroxyl groups is 1. The largest absolute Gasteiger partial charge is 0.508 e. The average Bonchev–Trinajstić information content (AvgIpc) is 2.63. The molecule has 1 atom stereocenters. The number of pyridine rings is 1. The number of hydrogen-bond donors (Lipinski definition) is 1. The van der Waals surface area contributed by atoms with Crippen molar-refractivity contribution in [3.8, 4) is 5.75 Å². The zero-order chi connectivity index (χ0) is 19.6. The van der Waals surface area contributed by atoms with Gasteiger partial charge in [0, 0.05) is 43.3 Å². The van der Waals surface area contributed by atoms with Crippen LogP contribution in [0.15, 0.2) is 65.6 Å². The number of Topliss-reactive ketones (excluding diaryl/α,β-unsaturated/α-hetero) is 1. The molecule has 138 valence electrons. The molecular weight excluding hydrogens is 345 g/mol. The molecule has 0 spiro atoms. The van der Waals surface area contributed by atoms with E-state index in [0.29, 0.717) is 11.1 Å². The zero-order valence-corrected chi connectivity index (χ0v) is 15.1. The summed E-state index contributed by atoms with van der Waals surface area (Å²) < 4.78 is 15.9. The topological polar surface area (TPSA) is 59.3 Å². The summed E-state index contributed by atoms with van der Waals surface area (Å²) in [5.74, 6) is -1.42. The fourth-order valence-electron chi connectivity index (χ4n) is 3.07. The third kappa shape index (κ3) is 4.14. The second kappa shape index (κ2) is 7.58. The molecule has 0 bridgehead atoms. The quantitative estimate of drug-likeness (QED) is 0.697. The number of phenols is 1. The van der Waals surface area contributed by atoms with Gasteiger partial charge in [-0.15, -0.1) is 0 Å². The number of carbonyl (C=O) groups excluding carboxylic acids is 1. The first-order valence-electron chi connectivity index (χ1n) is 8.60. The van der Waals surface area contributed by atoms with Gasteiger partial charge in [0.05, 0.1) is 0 Å². The van der Waals surface area contributed by atoms with Crippen molar-refractivity contribution >= 4 is 5.78 Å². The molecule has 1 unspecified atom stereocenters. The van der Waals surface area contributed by atoms with E-state index in [-0.39, 0.29) is 23.5 Å². The van der Waals surface area contributed by atoms with Gasteiger partial charge in [0.15, 0.2) is 5.78 Å². The van der Waals surface area contributed by atoms with E-state index in [4.69, 9.17) is 0 Å². The number of ketones is 1. The van der Waals surface area contributed by atoms with Gasteiger partial charge in [0.2, 0.25) is 5.56 Å². The summed E-state index contributed by atoms with van der Waals surface area (Å²) in [6.07, 6.45) is 1.53. The van der Waals surface area contributed by atoms with Crippen molar-refractivity contribution in [1.29, 1.82) is 0 Å². The Balaban J connectivity index is 2.01. The Morgan fingerprint density at radius 2 is 1.81 bits per heavy atom. The van der Waals surface area contributed by atoms with Gasteiger partial charge >= 0.3 is 0 Å². The van der Waals surface area contributed by atoms with Gasteiger partial charge in [-0.1, -0.05) is 35.9 Å². The predicted molar refractivity (Wildman–Crippen MR) is 102 cm³/mol. The van der Waals surface area contributed by atoms with Crippen molar-refractivity contribution in [2.24, 2.45) is 7.05 Å². The first kappa shape index (κ1) is 18.6. The fraction of sp³-hybridized carbons (Fsp3) is 0.182. The van der Waals surface area contributed by atoms with Gasteiger partial charge in [0.1, 0.15) is 11.6 Å². The monoisotopic (exact) mass is 365 g/mol. The maximum Gasteiger partial charge on any atom is 0.250 e. The van der Waals surface area contributed by atoms with Gasteiger partial charge in [-0.05, 0) is 30.2 Å². The van der Waals surface area contributed by atoms with Crippen molar-refractivity contribution in [2.75, 3.05) is 0 Å². The summed E-state index contributed by atoms with van der Waals surface area (Å²) in [4.78, 5) is 24.4. The minimum Gasteiger partial charge on any atom is -0.508 e. The molecule has 27 heavy (non-hydrogen) atoms. The number of aryl methyl sites for hydroxylation is 2. The van der Waals surface area contributed by atoms with E-state index in [1.807, 2.05) is 31.2 Å². The van der Waals surface area contributed by atoms with E-state index in [0.717, 1.165) is 17.2 Å². The molecule has 3 aromatic rings. The summed E-state index contributed by atoms with van der Waals surface area (Å²) in [7, 11) is 1.58. The molecular formula is C22H20FNO3. The van der Waals surface area contributed by atoms with Crippen LogP contribution in [0.2, 0.25) is 0 Å². The SMILES string of the molecule is Cc1ccc(C(CC(=O)c2ccc(=O)n(C)c2)c2ccc(O)cc2F)cc1. The fourth-order valence-corrected chi connectivity index (χ4v) is 3.07. The summed E-state index contributed by atoms with van der Waals surface area (Å²) >= 11 is 0. The number of carbonyl (C=O) groups is 1. The van der Waals surface area contributed by atoms with E-state index >= 15 is 0 Å². The van der Waals surface area contributed by atoms with E-state index in [1.54, 1.807) is 7.05 Å². The van der Waals surface area contributed by atoms with Crippen LogP contribution in [0.25, 0.3) is 0 Å². The Labute approximate surface area is 156 Å². The molecule has 0 saturated heterocycles. The van der Waals surface area contributed by atoms with Gasteiger partial charge in [-0.25, -0.2) is 4.39 Å². The van der Waals surface area contributed by atoms with Gasteiger partial charge in [-0.3, -0.25) is 9.59 Å². The predicted octanol–water partition coefficient (Wildman–Crippen LogP) is 3.94. The Hall–Kier alpha value is -3.21. The Morgan fingerprint density at radius 3 is 2.44 bits per heavy atom. The van der Waals surface area contributed by atoms with Gasteiger partial charge < -0.3 is 9.67 Å². The number of nitrogens with zero attached hydrogens (tertiary/aromatic N) is 1. The number of aromatic nitrogens is 1. The van der Waals surface area contributed by atoms with Crippen molar-refractivity contribution < 1.29 is 14.3 Å². The Morgan fingerprint density at radius 1 is 1.11 bits per heavy atom. The molecule has 0 amide bonds. The lowest BCUT2D eigenvalue weighted by atomic mass is 9.85. The smallest absolute Gasteiger partial charge is 0.250 e. The normalized spacial score (nSPS) is 12.0. The minimum atomic E-state index is -0.561. The number of benzene rings is 2. The number of hydrogen-bond acceptors (Lipinski definition) is 3. The first-order chi connectivity index (χ1) is 12.8. The molecule has 1 aromatic heterocycles. The number of halogens is 1. The molecule has 0 aliphatic rings. The van der Waals surface area contributed by atoms with Crippen LogP contribution in [-0.4, -0.2) is 15.5 Å². The molecule has 1 heterocycles. The van der Waals surface area contributed by atoms with Crippen LogP contribution >= 0.6 is 0 Å². The maximum absolute atomic E-state index is 14.5. The third-order valence-corrected chi connectivity index (χ3v) is 4.64. The van der Waals surface area contributed by atoms with E-state index in [9.17, 15) is 19.1 Å². The van der Waals surface area contributed by atoms with Gasteiger partial charge in [0.25, 0.3) is 0 Å². The zero-order valence-electron chi connectivity index (χ0n) is 15.1. The second-order valence-electron chi connectivity index (χ2n) is 6.66. The molecule has 4 nitrogen and oxygen atoms in total. The Bertz CT molecular complexity index is 1040. The molecule has 2 aromatic carbocycles. The standard InChI is InChI=1S/C22H20FNO3/c1-14-3-5-15(6-4-14)19(18-9-8-17(25)11-20(18)23)12-21(26)16-7-10-22(27)24(2)13-16/h3-11,13,19,25H,12H2,1-2H3. The summed E-state index contributed by atoms with van der Waals surface area (Å²) in [5.41, 5.74) is 2.41. The molecule has 1 N–H and O–H groups in total. The van der Waals surface area contributed by atoms with Crippen LogP contribution in [0, 0.1) is 12.7 Å². The van der Waals surface area contributed by atoms with Crippen molar-refractivity contribution in [2.45, 2.75) is 19.3 Å². The van der Waals surface area contributed by atoms with Crippen molar-refractivity contribution in [1.82, 2.24) is 4.57 Å². The summed E-state index contributed by atoms with van der Waals surface area (Å²) in [6, 6.07) is 14.4. The van der Waals surface area contributed by atoms with E-state index in [2.05, 4.69) is 0 Å². The number of phenolic OH excluding ortho intramolecular Hbond substituents is 1. The molecule has 5 heteroatoms. The van der Waals surface area contributed by atoms with Crippen LogP contribution in [-0.2, 0) is 7.05 Å². The van der Waals surface area contributed by atoms with Crippen LogP contribution in [0.1, 0.15) is 39.4 Å². The Kier molecular flexibility index (Phi) is 5.21. The second-order valence-corrected chi connectivity index (χ2v) is 6.66. The number of rotatable bonds is 5. The average molecular weight is 365 g/mol. The lowest BCUT2D eigenvalue weighted by molar-refractivity contribution is 0.0976. The molecule has 3 rings (SSSR count). The molecule has 0 aliphatic heterocycles. The van der Waals surface area contributed by atoms with E-state index in [1.165, 1.54) is 35.0 Å². The van der Waals surface area contributed by atoms with E-state index < -0.39 is 11.7 Å². The highest BCUT2D eigenvalue weighted by atomic mass is 19.1. The van der Waals surface area contributed by atoms with Crippen molar-refractivity contribution in [3.05, 3.63) is 99.2 Å². The lowest BCUT2D eigenvalue weighted by Gasteiger charge is -2.19. The minimum absolute atomic E-state index is 0.0446. The van der Waals surface area contributed by atoms with Crippen molar-refractivity contribution in [3.63, 3.8) is 0 Å². The van der Waals surface area contributed by atoms with Crippen LogP contribution in [0.5, 0.6) is 5.75 Å². The highest BCUT2D eigenvalue weighted by Gasteiger charge is 2.22. The lowest BCUT2D eigenvalue weighted by Crippen LogP contribution is -2.18. The van der Waals surface area contributed by atoms with Crippen LogP contribution < -0.4 is 5.56 Å². The maximum atomic E-state index is 14.5. The summed E-state index contributed by atoms with van der Waals surface area (Å²) in [5, 5.41) is 9.50. The van der Waals surface area contributed by atoms with Gasteiger partial charge in [-0.2, -0.15) is 0 Å².